The van der Waals surface area contributed by atoms with Crippen molar-refractivity contribution < 1.29 is 0 Å². The van der Waals surface area contributed by atoms with Crippen LogP contribution in [-0.4, -0.2) is 50.9 Å². The number of thiophene rings is 1. The fourth-order valence-corrected chi connectivity index (χ4v) is 5.32. The van der Waals surface area contributed by atoms with Crippen LogP contribution in [0, 0.1) is 0 Å². The van der Waals surface area contributed by atoms with Crippen molar-refractivity contribution in [3.05, 3.63) is 16.8 Å². The quantitative estimate of drug-likeness (QED) is 0.543. The summed E-state index contributed by atoms with van der Waals surface area (Å²) in [5.74, 6) is 1.01. The number of nitrogens with zero attached hydrogens (tertiary/aromatic N) is 5. The Morgan fingerprint density at radius 3 is 3.05 bits per heavy atom. The molecule has 0 bridgehead atoms. The van der Waals surface area contributed by atoms with Crippen molar-refractivity contribution in [3.63, 3.8) is 0 Å². The van der Waals surface area contributed by atoms with Gasteiger partial charge in [-0.1, -0.05) is 11.8 Å². The van der Waals surface area contributed by atoms with Gasteiger partial charge in [0.05, 0.1) is 5.39 Å². The number of hydrogen-bond donors (Lipinski definition) is 0. The zero-order valence-corrected chi connectivity index (χ0v) is 14.5. The van der Waals surface area contributed by atoms with Gasteiger partial charge in [-0.3, -0.25) is 0 Å². The summed E-state index contributed by atoms with van der Waals surface area (Å²) in [5, 5.41) is 6.61. The number of thioether (sulfide) groups is 1. The molecular formula is C15H19N5S2. The minimum atomic E-state index is 0.959. The Balaban J connectivity index is 1.82. The molecular weight excluding hydrogens is 314 g/mol. The maximum Gasteiger partial charge on any atom is 0.192 e. The summed E-state index contributed by atoms with van der Waals surface area (Å²) in [5.41, 5.74) is 2.46. The molecule has 1 aliphatic rings. The second kappa shape index (κ2) is 5.79. The monoisotopic (exact) mass is 333 g/mol. The van der Waals surface area contributed by atoms with Crippen molar-refractivity contribution >= 4 is 39.0 Å². The van der Waals surface area contributed by atoms with E-state index < -0.39 is 0 Å². The van der Waals surface area contributed by atoms with Gasteiger partial charge >= 0.3 is 0 Å². The molecule has 0 aromatic carbocycles. The van der Waals surface area contributed by atoms with E-state index in [9.17, 15) is 0 Å². The van der Waals surface area contributed by atoms with Crippen LogP contribution < -0.4 is 0 Å². The molecule has 0 spiro atoms. The van der Waals surface area contributed by atoms with E-state index in [1.54, 1.807) is 18.1 Å². The Bertz CT molecular complexity index is 820. The molecule has 1 aliphatic carbocycles. The van der Waals surface area contributed by atoms with Gasteiger partial charge in [0.1, 0.15) is 11.2 Å². The van der Waals surface area contributed by atoms with Crippen LogP contribution in [0.4, 0.5) is 0 Å². The molecule has 4 rings (SSSR count). The summed E-state index contributed by atoms with van der Waals surface area (Å²) in [7, 11) is 4.19. The summed E-state index contributed by atoms with van der Waals surface area (Å²) in [6.07, 6.45) is 6.58. The van der Waals surface area contributed by atoms with Crippen LogP contribution in [0.5, 0.6) is 0 Å². The molecule has 3 aromatic rings. The SMILES string of the molecule is CN(C)CCSc1nc2sc3c(c2c2ncnn12)CCCC3. The minimum absolute atomic E-state index is 0.959. The van der Waals surface area contributed by atoms with Gasteiger partial charge < -0.3 is 4.90 Å². The molecule has 0 fully saturated rings. The summed E-state index contributed by atoms with van der Waals surface area (Å²) < 4.78 is 1.92. The summed E-state index contributed by atoms with van der Waals surface area (Å²) in [6.45, 7) is 1.03. The van der Waals surface area contributed by atoms with E-state index in [-0.39, 0.29) is 0 Å². The fraction of sp³-hybridized carbons (Fsp3) is 0.533. The number of aryl methyl sites for hydroxylation is 2. The zero-order chi connectivity index (χ0) is 15.1. The first kappa shape index (κ1) is 14.4. The van der Waals surface area contributed by atoms with E-state index >= 15 is 0 Å². The average Bonchev–Trinajstić information content (AvgIpc) is 3.10. The lowest BCUT2D eigenvalue weighted by molar-refractivity contribution is 0.437. The molecule has 22 heavy (non-hydrogen) atoms. The molecule has 7 heteroatoms. The van der Waals surface area contributed by atoms with Crippen molar-refractivity contribution in [2.24, 2.45) is 0 Å². The Morgan fingerprint density at radius 1 is 1.32 bits per heavy atom. The van der Waals surface area contributed by atoms with E-state index in [2.05, 4.69) is 29.1 Å². The lowest BCUT2D eigenvalue weighted by Gasteiger charge is -2.11. The topological polar surface area (TPSA) is 46.3 Å². The number of fused-ring (bicyclic) bond motifs is 5. The van der Waals surface area contributed by atoms with E-state index in [4.69, 9.17) is 4.98 Å². The summed E-state index contributed by atoms with van der Waals surface area (Å²) in [4.78, 5) is 14.3. The van der Waals surface area contributed by atoms with Gasteiger partial charge in [-0.2, -0.15) is 9.61 Å². The highest BCUT2D eigenvalue weighted by Gasteiger charge is 2.21. The highest BCUT2D eigenvalue weighted by Crippen LogP contribution is 2.38. The Morgan fingerprint density at radius 2 is 2.18 bits per heavy atom. The first-order valence-corrected chi connectivity index (χ1v) is 9.46. The number of hydrogen-bond acceptors (Lipinski definition) is 6. The van der Waals surface area contributed by atoms with Gasteiger partial charge in [-0.25, -0.2) is 9.97 Å². The van der Waals surface area contributed by atoms with E-state index in [0.29, 0.717) is 0 Å². The molecule has 5 nitrogen and oxygen atoms in total. The standard InChI is InChI=1S/C15H19N5S2/c1-19(2)7-8-21-15-18-14-12(13-16-9-17-20(13)15)10-5-3-4-6-11(10)22-14/h9H,3-8H2,1-2H3. The summed E-state index contributed by atoms with van der Waals surface area (Å²) in [6, 6.07) is 0. The predicted octanol–water partition coefficient (Wildman–Crippen LogP) is 2.87. The average molecular weight is 333 g/mol. The van der Waals surface area contributed by atoms with E-state index in [1.165, 1.54) is 35.1 Å². The third kappa shape index (κ3) is 2.41. The molecule has 0 N–H and O–H groups in total. The molecule has 0 saturated heterocycles. The molecule has 3 aromatic heterocycles. The van der Waals surface area contributed by atoms with Crippen molar-refractivity contribution in [1.29, 1.82) is 0 Å². The van der Waals surface area contributed by atoms with Crippen LogP contribution in [-0.2, 0) is 12.8 Å². The molecule has 3 heterocycles. The van der Waals surface area contributed by atoms with Crippen LogP contribution in [0.3, 0.4) is 0 Å². The fourth-order valence-electron chi connectivity index (χ4n) is 2.96. The lowest BCUT2D eigenvalue weighted by atomic mass is 9.97. The third-order valence-electron chi connectivity index (χ3n) is 4.07. The van der Waals surface area contributed by atoms with Gasteiger partial charge in [0.15, 0.2) is 10.8 Å². The zero-order valence-electron chi connectivity index (χ0n) is 12.9. The molecule has 0 aliphatic heterocycles. The van der Waals surface area contributed by atoms with Crippen LogP contribution >= 0.6 is 23.1 Å². The highest BCUT2D eigenvalue weighted by molar-refractivity contribution is 7.99. The highest BCUT2D eigenvalue weighted by atomic mass is 32.2. The normalized spacial score (nSPS) is 15.0. The van der Waals surface area contributed by atoms with Gasteiger partial charge in [-0.05, 0) is 45.3 Å². The van der Waals surface area contributed by atoms with Crippen LogP contribution in [0.25, 0.3) is 15.9 Å². The van der Waals surface area contributed by atoms with Gasteiger partial charge in [0.2, 0.25) is 0 Å². The second-order valence-electron chi connectivity index (χ2n) is 5.93. The largest absolute Gasteiger partial charge is 0.309 e. The Kier molecular flexibility index (Phi) is 3.79. The maximum atomic E-state index is 4.90. The molecule has 0 atom stereocenters. The van der Waals surface area contributed by atoms with Crippen molar-refractivity contribution in [2.75, 3.05) is 26.4 Å². The first-order chi connectivity index (χ1) is 10.7. The van der Waals surface area contributed by atoms with E-state index in [1.807, 2.05) is 15.9 Å². The van der Waals surface area contributed by atoms with Crippen molar-refractivity contribution in [2.45, 2.75) is 30.8 Å². The first-order valence-electron chi connectivity index (χ1n) is 7.65. The lowest BCUT2D eigenvalue weighted by Crippen LogP contribution is -2.15. The number of aromatic nitrogens is 4. The predicted molar refractivity (Wildman–Crippen MR) is 92.1 cm³/mol. The van der Waals surface area contributed by atoms with Gasteiger partial charge in [0.25, 0.3) is 0 Å². The third-order valence-corrected chi connectivity index (χ3v) is 6.17. The Labute approximate surface area is 137 Å². The molecule has 116 valence electrons. The summed E-state index contributed by atoms with van der Waals surface area (Å²) >= 11 is 3.61. The molecule has 0 amide bonds. The Hall–Kier alpha value is -1.18. The van der Waals surface area contributed by atoms with Gasteiger partial charge in [0, 0.05) is 17.2 Å². The van der Waals surface area contributed by atoms with Crippen molar-refractivity contribution in [1.82, 2.24) is 24.5 Å². The van der Waals surface area contributed by atoms with Crippen molar-refractivity contribution in [3.8, 4) is 0 Å². The van der Waals surface area contributed by atoms with Gasteiger partial charge in [-0.15, -0.1) is 11.3 Å². The maximum absolute atomic E-state index is 4.90. The molecule has 0 unspecified atom stereocenters. The second-order valence-corrected chi connectivity index (χ2v) is 8.08. The molecule has 0 radical (unpaired) electrons. The number of rotatable bonds is 4. The van der Waals surface area contributed by atoms with Crippen LogP contribution in [0.1, 0.15) is 23.3 Å². The van der Waals surface area contributed by atoms with Crippen LogP contribution in [0.2, 0.25) is 0 Å². The minimum Gasteiger partial charge on any atom is -0.309 e. The molecule has 0 saturated carbocycles. The van der Waals surface area contributed by atoms with E-state index in [0.717, 1.165) is 34.4 Å². The van der Waals surface area contributed by atoms with Crippen LogP contribution in [0.15, 0.2) is 11.5 Å². The smallest absolute Gasteiger partial charge is 0.192 e.